The van der Waals surface area contributed by atoms with Crippen molar-refractivity contribution in [2.75, 3.05) is 29.6 Å². The number of hydrogen-bond acceptors (Lipinski definition) is 6. The van der Waals surface area contributed by atoms with E-state index in [1.54, 1.807) is 45.2 Å². The molecule has 0 bridgehead atoms. The number of rotatable bonds is 2. The number of anilines is 2. The molecule has 2 aromatic rings. The lowest BCUT2D eigenvalue weighted by molar-refractivity contribution is -0.0718. The normalized spacial score (nSPS) is 19.8. The molecule has 1 atom stereocenters. The molecule has 3 heterocycles. The van der Waals surface area contributed by atoms with Gasteiger partial charge in [0.05, 0.1) is 18.8 Å². The van der Waals surface area contributed by atoms with E-state index in [0.717, 1.165) is 9.80 Å². The van der Waals surface area contributed by atoms with Crippen molar-refractivity contribution in [2.45, 2.75) is 50.0 Å². The van der Waals surface area contributed by atoms with E-state index >= 15 is 8.78 Å². The largest absolute Gasteiger partial charge is 0.443 e. The van der Waals surface area contributed by atoms with Crippen molar-refractivity contribution >= 4 is 35.4 Å². The van der Waals surface area contributed by atoms with Crippen molar-refractivity contribution in [1.29, 1.82) is 0 Å². The first-order valence-electron chi connectivity index (χ1n) is 10.3. The zero-order chi connectivity index (χ0) is 24.1. The van der Waals surface area contributed by atoms with Crippen molar-refractivity contribution in [3.8, 4) is 0 Å². The fourth-order valence-electron chi connectivity index (χ4n) is 4.07. The van der Waals surface area contributed by atoms with Gasteiger partial charge in [-0.1, -0.05) is 30.0 Å². The quantitative estimate of drug-likeness (QED) is 0.461. The van der Waals surface area contributed by atoms with E-state index in [1.165, 1.54) is 29.8 Å². The Balaban J connectivity index is 1.76. The van der Waals surface area contributed by atoms with Crippen LogP contribution in [0.25, 0.3) is 0 Å². The monoisotopic (exact) mass is 477 g/mol. The van der Waals surface area contributed by atoms with Crippen LogP contribution in [0.2, 0.25) is 0 Å². The van der Waals surface area contributed by atoms with Crippen LogP contribution in [0.5, 0.6) is 0 Å². The van der Waals surface area contributed by atoms with E-state index in [4.69, 9.17) is 4.74 Å². The van der Waals surface area contributed by atoms with Crippen molar-refractivity contribution in [3.05, 3.63) is 41.6 Å². The minimum Gasteiger partial charge on any atom is -0.443 e. The average molecular weight is 478 g/mol. The number of benzene rings is 1. The Morgan fingerprint density at radius 2 is 1.97 bits per heavy atom. The smallest absolute Gasteiger partial charge is 0.415 e. The molecular formula is C22H25F2N5O3S. The van der Waals surface area contributed by atoms with E-state index in [9.17, 15) is 9.59 Å². The summed E-state index contributed by atoms with van der Waals surface area (Å²) in [6, 6.07) is 4.20. The first kappa shape index (κ1) is 23.2. The zero-order valence-corrected chi connectivity index (χ0v) is 19.8. The summed E-state index contributed by atoms with van der Waals surface area (Å²) >= 11 is 1.33. The summed E-state index contributed by atoms with van der Waals surface area (Å²) in [6.07, 6.45) is 2.51. The summed E-state index contributed by atoms with van der Waals surface area (Å²) in [5, 5.41) is 0.489. The number of hydrogen-bond donors (Lipinski definition) is 0. The molecule has 1 aromatic carbocycles. The summed E-state index contributed by atoms with van der Waals surface area (Å²) in [5.74, 6) is -3.03. The number of thioether (sulfide) groups is 1. The molecule has 176 valence electrons. The first-order valence-corrected chi connectivity index (χ1v) is 11.6. The molecule has 3 amide bonds. The first-order chi connectivity index (χ1) is 15.4. The molecule has 1 unspecified atom stereocenters. The van der Waals surface area contributed by atoms with Crippen LogP contribution in [0.3, 0.4) is 0 Å². The third-order valence-corrected chi connectivity index (χ3v) is 5.97. The van der Waals surface area contributed by atoms with Gasteiger partial charge in [0, 0.05) is 24.4 Å². The van der Waals surface area contributed by atoms with E-state index in [1.807, 2.05) is 6.26 Å². The number of nitrogens with zero attached hydrogens (tertiary/aromatic N) is 5. The number of amides is 3. The van der Waals surface area contributed by atoms with Gasteiger partial charge in [-0.2, -0.15) is 0 Å². The van der Waals surface area contributed by atoms with E-state index in [2.05, 4.69) is 9.97 Å². The molecule has 0 saturated carbocycles. The van der Waals surface area contributed by atoms with Gasteiger partial charge >= 0.3 is 12.1 Å². The van der Waals surface area contributed by atoms with Crippen LogP contribution in [0.4, 0.5) is 29.9 Å². The third kappa shape index (κ3) is 4.21. The topological polar surface area (TPSA) is 78.9 Å². The maximum Gasteiger partial charge on any atom is 0.415 e. The predicted octanol–water partition coefficient (Wildman–Crippen LogP) is 4.70. The molecule has 33 heavy (non-hydrogen) atoms. The molecule has 0 fully saturated rings. The fraction of sp³-hybridized carbons (Fsp3) is 0.455. The highest BCUT2D eigenvalue weighted by Gasteiger charge is 2.54. The molecule has 2 aliphatic rings. The number of fused-ring (bicyclic) bond motifs is 2. The maximum absolute atomic E-state index is 15.7. The van der Waals surface area contributed by atoms with Crippen LogP contribution in [0.1, 0.15) is 37.9 Å². The van der Waals surface area contributed by atoms with Crippen molar-refractivity contribution < 1.29 is 23.1 Å². The van der Waals surface area contributed by atoms with Crippen LogP contribution < -0.4 is 9.80 Å². The molecule has 0 N–H and O–H groups in total. The number of ether oxygens (including phenoxy) is 1. The van der Waals surface area contributed by atoms with Crippen LogP contribution in [0, 0.1) is 0 Å². The van der Waals surface area contributed by atoms with E-state index < -0.39 is 36.2 Å². The standard InChI is InChI=1S/C22H25F2N5O3S/c1-21(2,3)32-20(31)29-12-22(23,24)16(14-8-6-7-9-15(14)29)28-11-13-10-25-18(33-5)26-17(13)27(4)19(28)30/h6-10,16H,11-12H2,1-5H3. The Morgan fingerprint density at radius 3 is 2.64 bits per heavy atom. The Labute approximate surface area is 194 Å². The zero-order valence-electron chi connectivity index (χ0n) is 19.0. The van der Waals surface area contributed by atoms with Gasteiger partial charge in [0.15, 0.2) is 5.16 Å². The molecular weight excluding hydrogens is 452 g/mol. The summed E-state index contributed by atoms with van der Waals surface area (Å²) in [4.78, 5) is 37.9. The number of alkyl halides is 2. The Hall–Kier alpha value is -2.95. The van der Waals surface area contributed by atoms with Gasteiger partial charge in [0.25, 0.3) is 5.92 Å². The van der Waals surface area contributed by atoms with Gasteiger partial charge in [-0.25, -0.2) is 28.3 Å². The second-order valence-corrected chi connectivity index (χ2v) is 9.74. The van der Waals surface area contributed by atoms with Gasteiger partial charge in [0.2, 0.25) is 0 Å². The lowest BCUT2D eigenvalue weighted by Gasteiger charge is -2.46. The number of carbonyl (C=O) groups is 2. The Kier molecular flexibility index (Phi) is 5.71. The molecule has 8 nitrogen and oxygen atoms in total. The molecule has 1 aromatic heterocycles. The molecule has 0 spiro atoms. The van der Waals surface area contributed by atoms with Crippen LogP contribution in [-0.2, 0) is 11.3 Å². The number of urea groups is 1. The summed E-state index contributed by atoms with van der Waals surface area (Å²) in [7, 11) is 1.50. The van der Waals surface area contributed by atoms with Crippen molar-refractivity contribution in [2.24, 2.45) is 0 Å². The fourth-order valence-corrected chi connectivity index (χ4v) is 4.40. The number of carbonyl (C=O) groups excluding carboxylic acids is 2. The molecule has 11 heteroatoms. The molecule has 0 saturated heterocycles. The maximum atomic E-state index is 15.7. The predicted molar refractivity (Wildman–Crippen MR) is 121 cm³/mol. The minimum absolute atomic E-state index is 0.0752. The molecule has 4 rings (SSSR count). The highest BCUT2D eigenvalue weighted by Crippen LogP contribution is 2.48. The Morgan fingerprint density at radius 1 is 1.27 bits per heavy atom. The SMILES string of the molecule is CSc1ncc2c(n1)N(C)C(=O)N(C1c3ccccc3N(C(=O)OC(C)(C)C)CC1(F)F)C2. The molecule has 2 aliphatic heterocycles. The van der Waals surface area contributed by atoms with E-state index in [0.29, 0.717) is 16.5 Å². The van der Waals surface area contributed by atoms with Gasteiger partial charge in [0.1, 0.15) is 17.5 Å². The molecule has 0 radical (unpaired) electrons. The Bertz CT molecular complexity index is 1110. The lowest BCUT2D eigenvalue weighted by Crippen LogP contribution is -2.58. The molecule has 0 aliphatic carbocycles. The number of halogens is 2. The van der Waals surface area contributed by atoms with Gasteiger partial charge < -0.3 is 9.64 Å². The summed E-state index contributed by atoms with van der Waals surface area (Å²) < 4.78 is 36.7. The number of para-hydroxylation sites is 1. The highest BCUT2D eigenvalue weighted by atomic mass is 32.2. The van der Waals surface area contributed by atoms with Gasteiger partial charge in [-0.3, -0.25) is 9.80 Å². The van der Waals surface area contributed by atoms with Crippen LogP contribution >= 0.6 is 11.8 Å². The lowest BCUT2D eigenvalue weighted by atomic mass is 9.91. The summed E-state index contributed by atoms with van der Waals surface area (Å²) in [6.45, 7) is 4.03. The van der Waals surface area contributed by atoms with Crippen molar-refractivity contribution in [1.82, 2.24) is 14.9 Å². The highest BCUT2D eigenvalue weighted by molar-refractivity contribution is 7.98. The number of aromatic nitrogens is 2. The second-order valence-electron chi connectivity index (χ2n) is 8.96. The van der Waals surface area contributed by atoms with Crippen LogP contribution in [-0.4, -0.2) is 58.4 Å². The summed E-state index contributed by atoms with van der Waals surface area (Å²) in [5.41, 5.74) is 0.186. The van der Waals surface area contributed by atoms with Crippen molar-refractivity contribution in [3.63, 3.8) is 0 Å². The average Bonchev–Trinajstić information content (AvgIpc) is 2.74. The van der Waals surface area contributed by atoms with Crippen LogP contribution in [0.15, 0.2) is 35.6 Å². The third-order valence-electron chi connectivity index (χ3n) is 5.41. The minimum atomic E-state index is -3.43. The second kappa shape index (κ2) is 8.12. The van der Waals surface area contributed by atoms with Gasteiger partial charge in [-0.05, 0) is 33.1 Å². The van der Waals surface area contributed by atoms with E-state index in [-0.39, 0.29) is 17.8 Å². The van der Waals surface area contributed by atoms with Gasteiger partial charge in [-0.15, -0.1) is 0 Å².